The Bertz CT molecular complexity index is 440. The lowest BCUT2D eigenvalue weighted by molar-refractivity contribution is -0.140. The van der Waals surface area contributed by atoms with Crippen LogP contribution in [-0.4, -0.2) is 24.1 Å². The quantitative estimate of drug-likeness (QED) is 0.780. The number of hydrogen-bond donors (Lipinski definition) is 1. The summed E-state index contributed by atoms with van der Waals surface area (Å²) < 4.78 is 4.64. The summed E-state index contributed by atoms with van der Waals surface area (Å²) in [5.74, 6) is 1.57. The number of rotatable bonds is 7. The third kappa shape index (κ3) is 3.47. The molecule has 5 heteroatoms. The molecule has 1 aromatic rings. The number of aromatic nitrogens is 1. The zero-order valence-electron chi connectivity index (χ0n) is 11.2. The smallest absolute Gasteiger partial charge is 0.305 e. The Morgan fingerprint density at radius 1 is 1.47 bits per heavy atom. The normalized spacial score (nSPS) is 18.6. The first-order valence-corrected chi connectivity index (χ1v) is 7.92. The number of anilines is 1. The third-order valence-corrected chi connectivity index (χ3v) is 4.74. The number of carbonyl (C=O) groups excluding carboxylic acids is 1. The van der Waals surface area contributed by atoms with Gasteiger partial charge in [0.2, 0.25) is 0 Å². The van der Waals surface area contributed by atoms with Crippen molar-refractivity contribution in [3.05, 3.63) is 11.1 Å². The Balaban J connectivity index is 1.53. The molecule has 0 atom stereocenters. The maximum atomic E-state index is 11.1. The Labute approximate surface area is 117 Å². The predicted octanol–water partition coefficient (Wildman–Crippen LogP) is 2.85. The molecule has 1 N–H and O–H groups in total. The summed E-state index contributed by atoms with van der Waals surface area (Å²) in [4.78, 5) is 15.7. The van der Waals surface area contributed by atoms with Crippen molar-refractivity contribution in [2.45, 2.75) is 44.6 Å². The van der Waals surface area contributed by atoms with E-state index in [4.69, 9.17) is 0 Å². The molecule has 0 bridgehead atoms. The van der Waals surface area contributed by atoms with Crippen LogP contribution in [0.4, 0.5) is 5.13 Å². The van der Waals surface area contributed by atoms with Gasteiger partial charge in [0.1, 0.15) is 0 Å². The predicted molar refractivity (Wildman–Crippen MR) is 75.3 cm³/mol. The van der Waals surface area contributed by atoms with Crippen LogP contribution < -0.4 is 5.32 Å². The number of aryl methyl sites for hydroxylation is 1. The maximum Gasteiger partial charge on any atom is 0.305 e. The Morgan fingerprint density at radius 3 is 2.74 bits per heavy atom. The minimum atomic E-state index is -0.170. The van der Waals surface area contributed by atoms with E-state index in [-0.39, 0.29) is 5.97 Å². The van der Waals surface area contributed by atoms with E-state index < -0.39 is 0 Å². The van der Waals surface area contributed by atoms with E-state index in [1.54, 1.807) is 11.3 Å². The van der Waals surface area contributed by atoms with Gasteiger partial charge in [0.25, 0.3) is 0 Å². The first kappa shape index (κ1) is 12.9. The van der Waals surface area contributed by atoms with E-state index in [0.29, 0.717) is 18.9 Å². The largest absolute Gasteiger partial charge is 0.469 e. The van der Waals surface area contributed by atoms with Crippen LogP contribution in [0, 0.1) is 11.8 Å². The second kappa shape index (κ2) is 5.49. The first-order chi connectivity index (χ1) is 9.26. The molecule has 19 heavy (non-hydrogen) atoms. The van der Waals surface area contributed by atoms with Gasteiger partial charge in [-0.25, -0.2) is 4.98 Å². The SMILES string of the molecule is COC(=O)CCc1csc(NC(C2CC2)C2CC2)n1. The van der Waals surface area contributed by atoms with Crippen LogP contribution >= 0.6 is 11.3 Å². The minimum absolute atomic E-state index is 0.170. The molecular weight excluding hydrogens is 260 g/mol. The Kier molecular flexibility index (Phi) is 3.73. The van der Waals surface area contributed by atoms with Crippen molar-refractivity contribution in [3.8, 4) is 0 Å². The molecule has 1 heterocycles. The van der Waals surface area contributed by atoms with Gasteiger partial charge in [-0.15, -0.1) is 11.3 Å². The highest BCUT2D eigenvalue weighted by atomic mass is 32.1. The highest BCUT2D eigenvalue weighted by Gasteiger charge is 2.41. The standard InChI is InChI=1S/C14H20N2O2S/c1-18-12(17)7-6-11-8-19-14(15-11)16-13(9-2-3-9)10-4-5-10/h8-10,13H,2-7H2,1H3,(H,15,16). The van der Waals surface area contributed by atoms with E-state index in [2.05, 4.69) is 15.0 Å². The van der Waals surface area contributed by atoms with Crippen molar-refractivity contribution in [3.63, 3.8) is 0 Å². The van der Waals surface area contributed by atoms with Crippen LogP contribution in [-0.2, 0) is 16.0 Å². The summed E-state index contributed by atoms with van der Waals surface area (Å²) in [6.45, 7) is 0. The zero-order chi connectivity index (χ0) is 13.2. The van der Waals surface area contributed by atoms with Gasteiger partial charge in [-0.1, -0.05) is 0 Å². The molecule has 0 unspecified atom stereocenters. The Morgan fingerprint density at radius 2 is 2.16 bits per heavy atom. The van der Waals surface area contributed by atoms with Crippen LogP contribution in [0.3, 0.4) is 0 Å². The average molecular weight is 280 g/mol. The van der Waals surface area contributed by atoms with Crippen molar-refractivity contribution >= 4 is 22.4 Å². The number of ether oxygens (including phenoxy) is 1. The maximum absolute atomic E-state index is 11.1. The van der Waals surface area contributed by atoms with Crippen LogP contribution in [0.25, 0.3) is 0 Å². The summed E-state index contributed by atoms with van der Waals surface area (Å²) in [5.41, 5.74) is 0.989. The van der Waals surface area contributed by atoms with E-state index in [9.17, 15) is 4.79 Å². The summed E-state index contributed by atoms with van der Waals surface area (Å²) in [5, 5.41) is 6.68. The lowest BCUT2D eigenvalue weighted by Gasteiger charge is -2.16. The van der Waals surface area contributed by atoms with Gasteiger partial charge in [0.05, 0.1) is 19.2 Å². The van der Waals surface area contributed by atoms with E-state index in [1.165, 1.54) is 32.8 Å². The van der Waals surface area contributed by atoms with Gasteiger partial charge < -0.3 is 10.1 Å². The van der Waals surface area contributed by atoms with Crippen LogP contribution in [0.1, 0.15) is 37.8 Å². The number of carbonyl (C=O) groups is 1. The van der Waals surface area contributed by atoms with E-state index in [1.807, 2.05) is 5.38 Å². The third-order valence-electron chi connectivity index (χ3n) is 3.91. The van der Waals surface area contributed by atoms with Crippen molar-refractivity contribution in [1.29, 1.82) is 0 Å². The van der Waals surface area contributed by atoms with Crippen molar-refractivity contribution < 1.29 is 9.53 Å². The number of methoxy groups -OCH3 is 1. The molecular formula is C14H20N2O2S. The second-order valence-electron chi connectivity index (χ2n) is 5.57. The molecule has 0 spiro atoms. The molecule has 2 fully saturated rings. The fraction of sp³-hybridized carbons (Fsp3) is 0.714. The molecule has 4 nitrogen and oxygen atoms in total. The molecule has 0 amide bonds. The van der Waals surface area contributed by atoms with Crippen LogP contribution in [0.5, 0.6) is 0 Å². The second-order valence-corrected chi connectivity index (χ2v) is 6.42. The lowest BCUT2D eigenvalue weighted by atomic mass is 10.1. The minimum Gasteiger partial charge on any atom is -0.469 e. The van der Waals surface area contributed by atoms with Crippen molar-refractivity contribution in [2.75, 3.05) is 12.4 Å². The van der Waals surface area contributed by atoms with Gasteiger partial charge >= 0.3 is 5.97 Å². The number of esters is 1. The van der Waals surface area contributed by atoms with Gasteiger partial charge in [0, 0.05) is 17.8 Å². The molecule has 0 aliphatic heterocycles. The van der Waals surface area contributed by atoms with Crippen LogP contribution in [0.2, 0.25) is 0 Å². The molecule has 0 saturated heterocycles. The Hall–Kier alpha value is -1.10. The highest BCUT2D eigenvalue weighted by molar-refractivity contribution is 7.13. The summed E-state index contributed by atoms with van der Waals surface area (Å²) in [7, 11) is 1.42. The topological polar surface area (TPSA) is 51.2 Å². The molecule has 2 aliphatic carbocycles. The molecule has 0 radical (unpaired) electrons. The average Bonchev–Trinajstić information content (AvgIpc) is 3.33. The molecule has 104 valence electrons. The monoisotopic (exact) mass is 280 g/mol. The van der Waals surface area contributed by atoms with Crippen LogP contribution in [0.15, 0.2) is 5.38 Å². The zero-order valence-corrected chi connectivity index (χ0v) is 12.0. The van der Waals surface area contributed by atoms with Crippen molar-refractivity contribution in [2.24, 2.45) is 11.8 Å². The van der Waals surface area contributed by atoms with Gasteiger partial charge in [-0.3, -0.25) is 4.79 Å². The molecule has 2 saturated carbocycles. The van der Waals surface area contributed by atoms with Crippen molar-refractivity contribution in [1.82, 2.24) is 4.98 Å². The van der Waals surface area contributed by atoms with Gasteiger partial charge in [-0.05, 0) is 37.5 Å². The molecule has 2 aliphatic rings. The van der Waals surface area contributed by atoms with Gasteiger partial charge in [-0.2, -0.15) is 0 Å². The number of hydrogen-bond acceptors (Lipinski definition) is 5. The summed E-state index contributed by atoms with van der Waals surface area (Å²) in [6, 6.07) is 0.639. The van der Waals surface area contributed by atoms with Gasteiger partial charge in [0.15, 0.2) is 5.13 Å². The molecule has 1 aromatic heterocycles. The number of nitrogens with one attached hydrogen (secondary N) is 1. The van der Waals surface area contributed by atoms with E-state index >= 15 is 0 Å². The summed E-state index contributed by atoms with van der Waals surface area (Å²) in [6.07, 6.45) is 6.56. The molecule has 3 rings (SSSR count). The highest BCUT2D eigenvalue weighted by Crippen LogP contribution is 2.46. The molecule has 0 aromatic carbocycles. The first-order valence-electron chi connectivity index (χ1n) is 7.04. The number of thiazole rings is 1. The fourth-order valence-electron chi connectivity index (χ4n) is 2.49. The lowest BCUT2D eigenvalue weighted by Crippen LogP contribution is -2.24. The fourth-order valence-corrected chi connectivity index (χ4v) is 3.29. The number of nitrogens with zero attached hydrogens (tertiary/aromatic N) is 1. The van der Waals surface area contributed by atoms with E-state index in [0.717, 1.165) is 22.7 Å². The summed E-state index contributed by atoms with van der Waals surface area (Å²) >= 11 is 1.65.